The fraction of sp³-hybridized carbons (Fsp3) is 0.562. The van der Waals surface area contributed by atoms with Gasteiger partial charge in [0.2, 0.25) is 0 Å². The van der Waals surface area contributed by atoms with Crippen molar-refractivity contribution in [2.24, 2.45) is 11.7 Å². The first-order valence-electron chi connectivity index (χ1n) is 7.08. The number of piperidine rings is 1. The molecule has 1 aliphatic heterocycles. The second-order valence-corrected chi connectivity index (χ2v) is 4.93. The highest BCUT2D eigenvalue weighted by Crippen LogP contribution is 2.29. The number of hydrogen-bond donors (Lipinski definition) is 1. The van der Waals surface area contributed by atoms with Gasteiger partial charge in [-0.05, 0) is 69.9 Å². The minimum atomic E-state index is 0.505. The maximum Gasteiger partial charge on any atom is 0.0994 e. The lowest BCUT2D eigenvalue weighted by Crippen LogP contribution is -2.35. The van der Waals surface area contributed by atoms with Crippen molar-refractivity contribution in [3.8, 4) is 6.07 Å². The summed E-state index contributed by atoms with van der Waals surface area (Å²) < 4.78 is 0. The number of nitriles is 1. The molecule has 0 aromatic heterocycles. The lowest BCUT2D eigenvalue weighted by molar-refractivity contribution is 0.199. The molecule has 1 fully saturated rings. The Kier molecular flexibility index (Phi) is 7.17. The fourth-order valence-corrected chi connectivity index (χ4v) is 2.71. The molecule has 0 spiro atoms. The number of hydrogen-bond acceptors (Lipinski definition) is 3. The highest BCUT2D eigenvalue weighted by atomic mass is 15.1. The first kappa shape index (κ1) is 15.7. The van der Waals surface area contributed by atoms with Gasteiger partial charge in [0.05, 0.1) is 11.6 Å². The molecule has 0 radical (unpaired) electrons. The average Bonchev–Trinajstić information content (AvgIpc) is 2.46. The summed E-state index contributed by atoms with van der Waals surface area (Å²) in [4.78, 5) is 2.47. The highest BCUT2D eigenvalue weighted by Gasteiger charge is 2.23. The summed E-state index contributed by atoms with van der Waals surface area (Å²) in [5, 5.41) is 9.23. The molecule has 0 aliphatic carbocycles. The third kappa shape index (κ3) is 4.66. The van der Waals surface area contributed by atoms with Crippen LogP contribution in [0.25, 0.3) is 0 Å². The molecular weight excluding hydrogens is 234 g/mol. The molecule has 19 heavy (non-hydrogen) atoms. The first-order valence-corrected chi connectivity index (χ1v) is 7.08. The van der Waals surface area contributed by atoms with Gasteiger partial charge in [-0.2, -0.15) is 5.26 Å². The van der Waals surface area contributed by atoms with Crippen molar-refractivity contribution in [2.75, 3.05) is 26.2 Å². The van der Waals surface area contributed by atoms with Crippen molar-refractivity contribution < 1.29 is 0 Å². The quantitative estimate of drug-likeness (QED) is 0.589. The van der Waals surface area contributed by atoms with Crippen LogP contribution >= 0.6 is 0 Å². The van der Waals surface area contributed by atoms with Crippen molar-refractivity contribution in [1.29, 1.82) is 5.26 Å². The van der Waals surface area contributed by atoms with E-state index in [1.807, 2.05) is 13.0 Å². The molecule has 1 heterocycles. The molecule has 2 N–H and O–H groups in total. The minimum absolute atomic E-state index is 0.505. The zero-order valence-electron chi connectivity index (χ0n) is 11.9. The van der Waals surface area contributed by atoms with Gasteiger partial charge in [-0.15, -0.1) is 0 Å². The molecule has 0 aromatic carbocycles. The maximum absolute atomic E-state index is 9.23. The molecule has 3 nitrogen and oxygen atoms in total. The molecule has 1 rings (SSSR count). The zero-order valence-corrected chi connectivity index (χ0v) is 11.9. The Bertz CT molecular complexity index is 379. The van der Waals surface area contributed by atoms with Crippen LogP contribution in [-0.2, 0) is 0 Å². The van der Waals surface area contributed by atoms with E-state index in [1.165, 1.54) is 5.57 Å². The van der Waals surface area contributed by atoms with E-state index in [-0.39, 0.29) is 0 Å². The Hall–Kier alpha value is -1.37. The van der Waals surface area contributed by atoms with Gasteiger partial charge >= 0.3 is 0 Å². The summed E-state index contributed by atoms with van der Waals surface area (Å²) in [6, 6.07) is 2.29. The monoisotopic (exact) mass is 259 g/mol. The number of nitrogens with two attached hydrogens (primary N) is 1. The van der Waals surface area contributed by atoms with Crippen LogP contribution in [0.5, 0.6) is 0 Å². The van der Waals surface area contributed by atoms with E-state index in [9.17, 15) is 5.26 Å². The van der Waals surface area contributed by atoms with Gasteiger partial charge in [-0.1, -0.05) is 18.7 Å². The Balaban J connectivity index is 2.60. The van der Waals surface area contributed by atoms with Crippen LogP contribution in [0.4, 0.5) is 0 Å². The molecule has 0 unspecified atom stereocenters. The van der Waals surface area contributed by atoms with E-state index in [0.717, 1.165) is 51.0 Å². The van der Waals surface area contributed by atoms with Crippen LogP contribution in [0.15, 0.2) is 36.0 Å². The first-order chi connectivity index (χ1) is 9.26. The Labute approximate surface area is 117 Å². The summed E-state index contributed by atoms with van der Waals surface area (Å²) in [6.07, 6.45) is 8.91. The minimum Gasteiger partial charge on any atom is -0.330 e. The SMILES string of the molecule is C=C/C=C(C#N)\C(=C/C)C1CCN(CCCN)CC1. The number of rotatable bonds is 6. The van der Waals surface area contributed by atoms with Crippen molar-refractivity contribution >= 4 is 0 Å². The van der Waals surface area contributed by atoms with E-state index >= 15 is 0 Å². The van der Waals surface area contributed by atoms with Gasteiger partial charge in [-0.25, -0.2) is 0 Å². The van der Waals surface area contributed by atoms with Gasteiger partial charge < -0.3 is 10.6 Å². The maximum atomic E-state index is 9.23. The van der Waals surface area contributed by atoms with E-state index in [4.69, 9.17) is 5.73 Å². The third-order valence-corrected chi connectivity index (χ3v) is 3.73. The lowest BCUT2D eigenvalue weighted by atomic mass is 9.85. The van der Waals surface area contributed by atoms with Crippen LogP contribution in [0.3, 0.4) is 0 Å². The number of allylic oxidation sites excluding steroid dienone is 5. The largest absolute Gasteiger partial charge is 0.330 e. The van der Waals surface area contributed by atoms with Crippen LogP contribution in [0.1, 0.15) is 26.2 Å². The standard InChI is InChI=1S/C16H25N3/c1-3-6-15(13-18)16(4-2)14-7-11-19(12-8-14)10-5-9-17/h3-4,6,14H,1,5,7-12,17H2,2H3/b15-6-,16-4-. The lowest BCUT2D eigenvalue weighted by Gasteiger charge is -2.33. The van der Waals surface area contributed by atoms with Crippen LogP contribution < -0.4 is 5.73 Å². The summed E-state index contributed by atoms with van der Waals surface area (Å²) >= 11 is 0. The molecule has 0 atom stereocenters. The van der Waals surface area contributed by atoms with Gasteiger partial charge in [-0.3, -0.25) is 0 Å². The molecule has 104 valence electrons. The summed E-state index contributed by atoms with van der Waals surface area (Å²) in [5.41, 5.74) is 7.49. The molecule has 1 aliphatic rings. The second-order valence-electron chi connectivity index (χ2n) is 4.93. The van der Waals surface area contributed by atoms with Crippen LogP contribution in [0, 0.1) is 17.2 Å². The topological polar surface area (TPSA) is 53.0 Å². The summed E-state index contributed by atoms with van der Waals surface area (Å²) in [6.45, 7) is 9.78. The second kappa shape index (κ2) is 8.68. The molecular formula is C16H25N3. The number of likely N-dealkylation sites (tertiary alicyclic amines) is 1. The van der Waals surface area contributed by atoms with E-state index < -0.39 is 0 Å². The predicted octanol–water partition coefficient (Wildman–Crippen LogP) is 2.63. The Morgan fingerprint density at radius 3 is 2.63 bits per heavy atom. The van der Waals surface area contributed by atoms with Crippen LogP contribution in [0.2, 0.25) is 0 Å². The van der Waals surface area contributed by atoms with Gasteiger partial charge in [0.1, 0.15) is 0 Å². The molecule has 0 amide bonds. The molecule has 0 bridgehead atoms. The fourth-order valence-electron chi connectivity index (χ4n) is 2.71. The van der Waals surface area contributed by atoms with Crippen molar-refractivity contribution in [3.63, 3.8) is 0 Å². The molecule has 0 saturated carbocycles. The molecule has 0 aromatic rings. The molecule has 3 heteroatoms. The summed E-state index contributed by atoms with van der Waals surface area (Å²) in [7, 11) is 0. The van der Waals surface area contributed by atoms with Gasteiger partial charge in [0.25, 0.3) is 0 Å². The van der Waals surface area contributed by atoms with Crippen LogP contribution in [-0.4, -0.2) is 31.1 Å². The Morgan fingerprint density at radius 1 is 1.47 bits per heavy atom. The third-order valence-electron chi connectivity index (χ3n) is 3.73. The number of nitrogens with zero attached hydrogens (tertiary/aromatic N) is 2. The van der Waals surface area contributed by atoms with Crippen molar-refractivity contribution in [3.05, 3.63) is 36.0 Å². The van der Waals surface area contributed by atoms with Crippen molar-refractivity contribution in [2.45, 2.75) is 26.2 Å². The predicted molar refractivity (Wildman–Crippen MR) is 80.5 cm³/mol. The van der Waals surface area contributed by atoms with Gasteiger partial charge in [0, 0.05) is 0 Å². The summed E-state index contributed by atoms with van der Waals surface area (Å²) in [5.74, 6) is 0.505. The highest BCUT2D eigenvalue weighted by molar-refractivity contribution is 5.45. The van der Waals surface area contributed by atoms with Gasteiger partial charge in [0.15, 0.2) is 0 Å². The Morgan fingerprint density at radius 2 is 2.16 bits per heavy atom. The van der Waals surface area contributed by atoms with E-state index in [1.54, 1.807) is 6.08 Å². The van der Waals surface area contributed by atoms with Crippen molar-refractivity contribution in [1.82, 2.24) is 4.90 Å². The zero-order chi connectivity index (χ0) is 14.1. The van der Waals surface area contributed by atoms with E-state index in [2.05, 4.69) is 23.6 Å². The smallest absolute Gasteiger partial charge is 0.0994 e. The normalized spacial score (nSPS) is 19.2. The molecule has 1 saturated heterocycles. The van der Waals surface area contributed by atoms with E-state index in [0.29, 0.717) is 5.92 Å². The average molecular weight is 259 g/mol.